The Morgan fingerprint density at radius 2 is 2.10 bits per heavy atom. The van der Waals surface area contributed by atoms with Gasteiger partial charge in [-0.2, -0.15) is 0 Å². The minimum atomic E-state index is -0.515. The number of aliphatic hydroxyl groups is 1. The smallest absolute Gasteiger partial charge is 0.119 e. The molecule has 4 nitrogen and oxygen atoms in total. The van der Waals surface area contributed by atoms with Crippen LogP contribution in [0, 0.1) is 0 Å². The van der Waals surface area contributed by atoms with E-state index in [1.165, 1.54) is 0 Å². The van der Waals surface area contributed by atoms with Crippen molar-refractivity contribution in [2.24, 2.45) is 0 Å². The summed E-state index contributed by atoms with van der Waals surface area (Å²) in [5, 5.41) is 10.8. The Bertz CT molecular complexity index is 412. The van der Waals surface area contributed by atoms with Gasteiger partial charge in [-0.25, -0.2) is 0 Å². The van der Waals surface area contributed by atoms with Crippen molar-refractivity contribution in [2.75, 3.05) is 26.3 Å². The molecule has 0 saturated carbocycles. The number of benzene rings is 1. The summed E-state index contributed by atoms with van der Waals surface area (Å²) >= 11 is 5.81. The average molecular weight is 300 g/mol. The molecule has 0 bridgehead atoms. The van der Waals surface area contributed by atoms with Crippen LogP contribution in [0.4, 0.5) is 0 Å². The number of hydrogen-bond acceptors (Lipinski definition) is 4. The third-order valence-corrected chi connectivity index (χ3v) is 3.97. The second kappa shape index (κ2) is 7.27. The molecular weight excluding hydrogens is 278 g/mol. The highest BCUT2D eigenvalue weighted by atomic mass is 35.5. The molecule has 0 aliphatic carbocycles. The third kappa shape index (κ3) is 4.35. The Kier molecular flexibility index (Phi) is 5.66. The predicted octanol–water partition coefficient (Wildman–Crippen LogP) is 2.19. The molecule has 5 heteroatoms. The molecule has 20 heavy (non-hydrogen) atoms. The van der Waals surface area contributed by atoms with E-state index in [9.17, 15) is 5.11 Å². The fourth-order valence-corrected chi connectivity index (χ4v) is 2.43. The van der Waals surface area contributed by atoms with Crippen LogP contribution in [0.5, 0.6) is 5.75 Å². The minimum Gasteiger partial charge on any atom is -0.491 e. The molecule has 112 valence electrons. The van der Waals surface area contributed by atoms with E-state index < -0.39 is 6.10 Å². The number of rotatable bonds is 5. The van der Waals surface area contributed by atoms with Crippen LogP contribution in [0.15, 0.2) is 24.3 Å². The van der Waals surface area contributed by atoms with Crippen LogP contribution in [0.1, 0.15) is 13.8 Å². The molecule has 0 amide bonds. The van der Waals surface area contributed by atoms with Gasteiger partial charge >= 0.3 is 0 Å². The summed E-state index contributed by atoms with van der Waals surface area (Å²) in [6.07, 6.45) is -0.313. The van der Waals surface area contributed by atoms with E-state index >= 15 is 0 Å². The van der Waals surface area contributed by atoms with Gasteiger partial charge in [-0.1, -0.05) is 11.6 Å². The van der Waals surface area contributed by atoms with E-state index in [0.717, 1.165) is 18.9 Å². The number of β-amino-alcohol motifs (C(OH)–C–C–N with tert-alkyl or cyclic N) is 1. The van der Waals surface area contributed by atoms with Crippen molar-refractivity contribution in [3.8, 4) is 5.75 Å². The van der Waals surface area contributed by atoms with Gasteiger partial charge in [0.05, 0.1) is 12.7 Å². The molecule has 1 saturated heterocycles. The highest BCUT2D eigenvalue weighted by molar-refractivity contribution is 6.30. The molecule has 0 radical (unpaired) electrons. The van der Waals surface area contributed by atoms with Crippen LogP contribution in [-0.4, -0.2) is 54.6 Å². The Morgan fingerprint density at radius 3 is 2.80 bits per heavy atom. The van der Waals surface area contributed by atoms with Crippen molar-refractivity contribution in [3.63, 3.8) is 0 Å². The first-order chi connectivity index (χ1) is 9.56. The lowest BCUT2D eigenvalue weighted by Crippen LogP contribution is -2.51. The first-order valence-corrected chi connectivity index (χ1v) is 7.36. The van der Waals surface area contributed by atoms with Gasteiger partial charge < -0.3 is 14.6 Å². The number of ether oxygens (including phenoxy) is 2. The number of morpholine rings is 1. The highest BCUT2D eigenvalue weighted by Gasteiger charge is 2.26. The quantitative estimate of drug-likeness (QED) is 0.905. The highest BCUT2D eigenvalue weighted by Crippen LogP contribution is 2.17. The Hall–Kier alpha value is -0.810. The molecule has 1 N–H and O–H groups in total. The summed E-state index contributed by atoms with van der Waals surface area (Å²) < 4.78 is 11.1. The van der Waals surface area contributed by atoms with Gasteiger partial charge in [-0.05, 0) is 38.1 Å². The zero-order valence-corrected chi connectivity index (χ0v) is 12.7. The standard InChI is InChI=1S/C15H22ClNO3/c1-11-12(2)19-8-7-17(11)9-14(18)10-20-15-5-3-13(16)4-6-15/h3-6,11-12,14,18H,7-10H2,1-2H3. The fourth-order valence-electron chi connectivity index (χ4n) is 2.30. The minimum absolute atomic E-state index is 0.202. The molecule has 1 aliphatic rings. The summed E-state index contributed by atoms with van der Waals surface area (Å²) in [4.78, 5) is 2.24. The van der Waals surface area contributed by atoms with Crippen LogP contribution < -0.4 is 4.74 Å². The molecule has 3 unspecified atom stereocenters. The number of hydrogen-bond donors (Lipinski definition) is 1. The molecule has 1 aromatic rings. The molecule has 0 aromatic heterocycles. The largest absolute Gasteiger partial charge is 0.491 e. The van der Waals surface area contributed by atoms with Crippen LogP contribution in [0.3, 0.4) is 0 Å². The van der Waals surface area contributed by atoms with Crippen LogP contribution in [0.25, 0.3) is 0 Å². The average Bonchev–Trinajstić information content (AvgIpc) is 2.43. The van der Waals surface area contributed by atoms with Crippen molar-refractivity contribution >= 4 is 11.6 Å². The van der Waals surface area contributed by atoms with Gasteiger partial charge in [-0.15, -0.1) is 0 Å². The van der Waals surface area contributed by atoms with E-state index in [2.05, 4.69) is 18.7 Å². The van der Waals surface area contributed by atoms with Crippen molar-refractivity contribution in [2.45, 2.75) is 32.1 Å². The normalized spacial score (nSPS) is 25.4. The summed E-state index contributed by atoms with van der Waals surface area (Å²) in [5.41, 5.74) is 0. The number of aliphatic hydroxyl groups excluding tert-OH is 1. The first-order valence-electron chi connectivity index (χ1n) is 6.98. The van der Waals surface area contributed by atoms with Crippen molar-refractivity contribution in [1.29, 1.82) is 0 Å². The van der Waals surface area contributed by atoms with Gasteiger partial charge in [0.1, 0.15) is 18.5 Å². The van der Waals surface area contributed by atoms with Gasteiger partial charge in [0.25, 0.3) is 0 Å². The van der Waals surface area contributed by atoms with E-state index in [0.29, 0.717) is 17.6 Å². The zero-order chi connectivity index (χ0) is 14.5. The lowest BCUT2D eigenvalue weighted by molar-refractivity contribution is -0.0701. The maximum absolute atomic E-state index is 10.1. The van der Waals surface area contributed by atoms with Gasteiger partial charge in [0, 0.05) is 24.2 Å². The Balaban J connectivity index is 1.77. The molecule has 1 aromatic carbocycles. The van der Waals surface area contributed by atoms with Crippen molar-refractivity contribution in [3.05, 3.63) is 29.3 Å². The van der Waals surface area contributed by atoms with Gasteiger partial charge in [0.2, 0.25) is 0 Å². The van der Waals surface area contributed by atoms with Gasteiger partial charge in [0.15, 0.2) is 0 Å². The molecule has 0 spiro atoms. The lowest BCUT2D eigenvalue weighted by atomic mass is 10.1. The Morgan fingerprint density at radius 1 is 1.40 bits per heavy atom. The number of halogens is 1. The van der Waals surface area contributed by atoms with Crippen molar-refractivity contribution < 1.29 is 14.6 Å². The molecular formula is C15H22ClNO3. The van der Waals surface area contributed by atoms with Crippen LogP contribution in [-0.2, 0) is 4.74 Å². The summed E-state index contributed by atoms with van der Waals surface area (Å²) in [5.74, 6) is 0.719. The Labute approximate surface area is 125 Å². The molecule has 2 rings (SSSR count). The SMILES string of the molecule is CC1OCCN(CC(O)COc2ccc(Cl)cc2)C1C. The zero-order valence-electron chi connectivity index (χ0n) is 12.0. The van der Waals surface area contributed by atoms with Gasteiger partial charge in [-0.3, -0.25) is 4.90 Å². The predicted molar refractivity (Wildman–Crippen MR) is 79.4 cm³/mol. The van der Waals surface area contributed by atoms with E-state index in [-0.39, 0.29) is 12.7 Å². The first kappa shape index (κ1) is 15.6. The summed E-state index contributed by atoms with van der Waals surface area (Å²) in [6.45, 7) is 6.63. The van der Waals surface area contributed by atoms with Crippen molar-refractivity contribution in [1.82, 2.24) is 4.90 Å². The monoisotopic (exact) mass is 299 g/mol. The molecule has 3 atom stereocenters. The number of nitrogens with zero attached hydrogens (tertiary/aromatic N) is 1. The lowest BCUT2D eigenvalue weighted by Gasteiger charge is -2.38. The molecule has 1 fully saturated rings. The maximum atomic E-state index is 10.1. The summed E-state index contributed by atoms with van der Waals surface area (Å²) in [7, 11) is 0. The molecule has 1 heterocycles. The maximum Gasteiger partial charge on any atom is 0.119 e. The fraction of sp³-hybridized carbons (Fsp3) is 0.600. The van der Waals surface area contributed by atoms with Crippen LogP contribution in [0.2, 0.25) is 5.02 Å². The topological polar surface area (TPSA) is 41.9 Å². The van der Waals surface area contributed by atoms with E-state index in [1.54, 1.807) is 24.3 Å². The summed E-state index contributed by atoms with van der Waals surface area (Å²) in [6, 6.07) is 7.46. The van der Waals surface area contributed by atoms with E-state index in [1.807, 2.05) is 0 Å². The molecule has 1 aliphatic heterocycles. The second-order valence-electron chi connectivity index (χ2n) is 5.23. The second-order valence-corrected chi connectivity index (χ2v) is 5.67. The van der Waals surface area contributed by atoms with Crippen LogP contribution >= 0.6 is 11.6 Å². The third-order valence-electron chi connectivity index (χ3n) is 3.72. The van der Waals surface area contributed by atoms with E-state index in [4.69, 9.17) is 21.1 Å².